The highest BCUT2D eigenvalue weighted by atomic mass is 16.5. The van der Waals surface area contributed by atoms with Gasteiger partial charge in [-0.05, 0) is 29.3 Å². The minimum Gasteiger partial charge on any atom is -0.465 e. The monoisotopic (exact) mass is 344 g/mol. The van der Waals surface area contributed by atoms with E-state index in [1.54, 1.807) is 31.3 Å². The SMILES string of the molecule is COC(=O)c1ccc(-c2cc(-c3ccccc3)c(C#N)c(=O)n2C)cc1. The first-order chi connectivity index (χ1) is 12.6. The van der Waals surface area contributed by atoms with Crippen molar-refractivity contribution in [3.8, 4) is 28.5 Å². The third-order valence-electron chi connectivity index (χ3n) is 4.23. The lowest BCUT2D eigenvalue weighted by atomic mass is 9.98. The van der Waals surface area contributed by atoms with Crippen LogP contribution in [0, 0.1) is 11.3 Å². The third-order valence-corrected chi connectivity index (χ3v) is 4.23. The zero-order valence-corrected chi connectivity index (χ0v) is 14.4. The van der Waals surface area contributed by atoms with Crippen LogP contribution in [0.15, 0.2) is 65.5 Å². The van der Waals surface area contributed by atoms with E-state index in [1.165, 1.54) is 11.7 Å². The zero-order valence-electron chi connectivity index (χ0n) is 14.4. The first-order valence-electron chi connectivity index (χ1n) is 7.95. The number of carbonyl (C=O) groups is 1. The molecule has 0 amide bonds. The second kappa shape index (κ2) is 7.08. The van der Waals surface area contributed by atoms with Crippen molar-refractivity contribution in [2.45, 2.75) is 0 Å². The smallest absolute Gasteiger partial charge is 0.337 e. The average molecular weight is 344 g/mol. The molecule has 0 fully saturated rings. The zero-order chi connectivity index (χ0) is 18.7. The van der Waals surface area contributed by atoms with E-state index in [1.807, 2.05) is 42.5 Å². The van der Waals surface area contributed by atoms with Crippen molar-refractivity contribution in [1.29, 1.82) is 5.26 Å². The van der Waals surface area contributed by atoms with E-state index in [4.69, 9.17) is 4.74 Å². The molecule has 0 saturated heterocycles. The Morgan fingerprint density at radius 2 is 1.69 bits per heavy atom. The van der Waals surface area contributed by atoms with E-state index in [2.05, 4.69) is 0 Å². The summed E-state index contributed by atoms with van der Waals surface area (Å²) in [5, 5.41) is 9.46. The Labute approximate surface area is 150 Å². The lowest BCUT2D eigenvalue weighted by Crippen LogP contribution is -2.22. The summed E-state index contributed by atoms with van der Waals surface area (Å²) in [7, 11) is 2.95. The van der Waals surface area contributed by atoms with Crippen LogP contribution in [0.5, 0.6) is 0 Å². The van der Waals surface area contributed by atoms with Crippen LogP contribution in [-0.2, 0) is 11.8 Å². The van der Waals surface area contributed by atoms with E-state index in [-0.39, 0.29) is 11.1 Å². The molecule has 5 heteroatoms. The second-order valence-corrected chi connectivity index (χ2v) is 5.73. The molecule has 0 aliphatic heterocycles. The van der Waals surface area contributed by atoms with Crippen molar-refractivity contribution in [3.05, 3.63) is 82.1 Å². The van der Waals surface area contributed by atoms with Gasteiger partial charge in [0.05, 0.1) is 18.4 Å². The van der Waals surface area contributed by atoms with Crippen molar-refractivity contribution in [1.82, 2.24) is 4.57 Å². The molecule has 2 aromatic carbocycles. The molecule has 0 radical (unpaired) electrons. The Hall–Kier alpha value is -3.65. The summed E-state index contributed by atoms with van der Waals surface area (Å²) in [5.41, 5.74) is 2.98. The van der Waals surface area contributed by atoms with E-state index < -0.39 is 5.97 Å². The molecular formula is C21H16N2O3. The molecule has 0 aliphatic carbocycles. The highest BCUT2D eigenvalue weighted by molar-refractivity contribution is 5.90. The number of aromatic nitrogens is 1. The van der Waals surface area contributed by atoms with Crippen molar-refractivity contribution < 1.29 is 9.53 Å². The van der Waals surface area contributed by atoms with E-state index in [0.717, 1.165) is 11.1 Å². The lowest BCUT2D eigenvalue weighted by molar-refractivity contribution is 0.0601. The van der Waals surface area contributed by atoms with E-state index in [0.29, 0.717) is 16.8 Å². The van der Waals surface area contributed by atoms with Crippen molar-refractivity contribution in [2.75, 3.05) is 7.11 Å². The standard InChI is InChI=1S/C21H16N2O3/c1-23-19(15-8-10-16(11-9-15)21(25)26-2)12-17(18(13-22)20(23)24)14-6-4-3-5-7-14/h3-12H,1-2H3. The number of esters is 1. The largest absolute Gasteiger partial charge is 0.465 e. The first kappa shape index (κ1) is 17.2. The predicted octanol–water partition coefficient (Wildman–Crippen LogP) is 3.38. The van der Waals surface area contributed by atoms with Gasteiger partial charge in [0.25, 0.3) is 5.56 Å². The molecule has 0 atom stereocenters. The second-order valence-electron chi connectivity index (χ2n) is 5.73. The Kier molecular flexibility index (Phi) is 4.68. The van der Waals surface area contributed by atoms with Gasteiger partial charge in [0.1, 0.15) is 11.6 Å². The molecule has 0 saturated carbocycles. The van der Waals surface area contributed by atoms with Crippen LogP contribution in [-0.4, -0.2) is 17.6 Å². The van der Waals surface area contributed by atoms with Crippen molar-refractivity contribution >= 4 is 5.97 Å². The summed E-state index contributed by atoms with van der Waals surface area (Å²) in [5.74, 6) is -0.421. The number of rotatable bonds is 3. The third kappa shape index (κ3) is 3.01. The molecule has 0 aliphatic rings. The van der Waals surface area contributed by atoms with Crippen LogP contribution < -0.4 is 5.56 Å². The lowest BCUT2D eigenvalue weighted by Gasteiger charge is -2.13. The minimum absolute atomic E-state index is 0.105. The van der Waals surface area contributed by atoms with Crippen LogP contribution in [0.25, 0.3) is 22.4 Å². The van der Waals surface area contributed by atoms with Crippen LogP contribution in [0.2, 0.25) is 0 Å². The van der Waals surface area contributed by atoms with Gasteiger partial charge in [0, 0.05) is 12.6 Å². The highest BCUT2D eigenvalue weighted by Gasteiger charge is 2.15. The summed E-state index contributed by atoms with van der Waals surface area (Å²) >= 11 is 0. The van der Waals surface area contributed by atoms with Gasteiger partial charge in [-0.2, -0.15) is 5.26 Å². The van der Waals surface area contributed by atoms with Gasteiger partial charge in [-0.15, -0.1) is 0 Å². The molecule has 0 spiro atoms. The molecule has 0 N–H and O–H groups in total. The number of methoxy groups -OCH3 is 1. The Morgan fingerprint density at radius 3 is 2.27 bits per heavy atom. The maximum atomic E-state index is 12.7. The molecular weight excluding hydrogens is 328 g/mol. The molecule has 1 aromatic heterocycles. The molecule has 3 aromatic rings. The molecule has 0 bridgehead atoms. The minimum atomic E-state index is -0.421. The Balaban J connectivity index is 2.20. The number of nitrogens with zero attached hydrogens (tertiary/aromatic N) is 2. The average Bonchev–Trinajstić information content (AvgIpc) is 2.70. The van der Waals surface area contributed by atoms with Crippen molar-refractivity contribution in [2.24, 2.45) is 7.05 Å². The topological polar surface area (TPSA) is 72.1 Å². The molecule has 3 rings (SSSR count). The summed E-state index contributed by atoms with van der Waals surface area (Å²) in [6, 6.07) is 20.0. The van der Waals surface area contributed by atoms with Crippen LogP contribution >= 0.6 is 0 Å². The maximum absolute atomic E-state index is 12.7. The summed E-state index contributed by atoms with van der Waals surface area (Å²) in [4.78, 5) is 24.3. The Morgan fingerprint density at radius 1 is 1.04 bits per heavy atom. The van der Waals surface area contributed by atoms with Gasteiger partial charge in [-0.3, -0.25) is 4.79 Å². The van der Waals surface area contributed by atoms with Crippen LogP contribution in [0.4, 0.5) is 0 Å². The fourth-order valence-corrected chi connectivity index (χ4v) is 2.82. The summed E-state index contributed by atoms with van der Waals surface area (Å²) in [6.45, 7) is 0. The van der Waals surface area contributed by atoms with Gasteiger partial charge in [-0.1, -0.05) is 42.5 Å². The quantitative estimate of drug-likeness (QED) is 0.683. The van der Waals surface area contributed by atoms with E-state index >= 15 is 0 Å². The fraction of sp³-hybridized carbons (Fsp3) is 0.0952. The molecule has 128 valence electrons. The number of hydrogen-bond donors (Lipinski definition) is 0. The molecule has 26 heavy (non-hydrogen) atoms. The van der Waals surface area contributed by atoms with Gasteiger partial charge >= 0.3 is 5.97 Å². The normalized spacial score (nSPS) is 10.2. The number of carbonyl (C=O) groups excluding carboxylic acids is 1. The number of hydrogen-bond acceptors (Lipinski definition) is 4. The van der Waals surface area contributed by atoms with Crippen LogP contribution in [0.3, 0.4) is 0 Å². The number of benzene rings is 2. The first-order valence-corrected chi connectivity index (χ1v) is 7.95. The number of ether oxygens (including phenoxy) is 1. The van der Waals surface area contributed by atoms with Crippen molar-refractivity contribution in [3.63, 3.8) is 0 Å². The summed E-state index contributed by atoms with van der Waals surface area (Å²) in [6.07, 6.45) is 0. The Bertz CT molecular complexity index is 1060. The highest BCUT2D eigenvalue weighted by Crippen LogP contribution is 2.27. The van der Waals surface area contributed by atoms with Gasteiger partial charge in [0.15, 0.2) is 0 Å². The number of pyridine rings is 1. The van der Waals surface area contributed by atoms with Crippen LogP contribution in [0.1, 0.15) is 15.9 Å². The van der Waals surface area contributed by atoms with Gasteiger partial charge in [0.2, 0.25) is 0 Å². The molecule has 5 nitrogen and oxygen atoms in total. The fourth-order valence-electron chi connectivity index (χ4n) is 2.82. The summed E-state index contributed by atoms with van der Waals surface area (Å²) < 4.78 is 6.14. The molecule has 1 heterocycles. The van der Waals surface area contributed by atoms with Gasteiger partial charge in [-0.25, -0.2) is 4.79 Å². The van der Waals surface area contributed by atoms with E-state index in [9.17, 15) is 14.9 Å². The molecule has 0 unspecified atom stereocenters. The number of nitriles is 1. The van der Waals surface area contributed by atoms with Gasteiger partial charge < -0.3 is 9.30 Å². The predicted molar refractivity (Wildman–Crippen MR) is 98.6 cm³/mol. The maximum Gasteiger partial charge on any atom is 0.337 e.